The fourth-order valence-electron chi connectivity index (χ4n) is 9.54. The number of allylic oxidation sites excluding steroid dienone is 4. The first-order valence-electron chi connectivity index (χ1n) is 32.1. The SMILES string of the molecule is CC(=O)C=C(C)O.CC(=O)C=C(C)O.Cc1c(-c2ccccn2)cccc1-c1ccccn1.Cc1c[c-]c(-c2ccccn2)cc1.Cc1cc[c-]c(-c2ccccn2)c1.Oc1ccccc1-c1ccccc1.[Ir].[Ir].[Ir].[Ir].[Pt].[c-]1ccccc1-c1ccccn1.[c-]1ccccc1-c1nccc2ccccc12. The molecule has 0 aliphatic rings. The zero-order chi connectivity index (χ0) is 71.1. The fourth-order valence-corrected chi connectivity index (χ4v) is 9.54. The molecule has 0 fully saturated rings. The average Bonchev–Trinajstić information content (AvgIpc) is 0.816. The summed E-state index contributed by atoms with van der Waals surface area (Å²) in [5.74, 6) is 0.203. The van der Waals surface area contributed by atoms with E-state index in [9.17, 15) is 14.7 Å². The topological polar surface area (TPSA) is 172 Å². The Morgan fingerprint density at radius 3 is 1.20 bits per heavy atom. The first-order valence-corrected chi connectivity index (χ1v) is 32.1. The zero-order valence-electron chi connectivity index (χ0n) is 58.7. The molecule has 8 aromatic carbocycles. The Kier molecular flexibility index (Phi) is 44.9. The van der Waals surface area contributed by atoms with Crippen molar-refractivity contribution in [2.24, 2.45) is 0 Å². The van der Waals surface area contributed by atoms with Crippen molar-refractivity contribution < 1.29 is 126 Å². The van der Waals surface area contributed by atoms with E-state index in [0.717, 1.165) is 78.7 Å². The minimum atomic E-state index is -0.125. The van der Waals surface area contributed by atoms with Gasteiger partial charge in [-0.25, -0.2) is 0 Å². The predicted molar refractivity (Wildman–Crippen MR) is 406 cm³/mol. The average molecular weight is 2280 g/mol. The van der Waals surface area contributed by atoms with Crippen LogP contribution in [0.4, 0.5) is 0 Å². The van der Waals surface area contributed by atoms with Crippen LogP contribution in [0, 0.1) is 45.0 Å². The van der Waals surface area contributed by atoms with Gasteiger partial charge in [-0.1, -0.05) is 153 Å². The Labute approximate surface area is 686 Å². The maximum Gasteiger partial charge on any atom is 0.155 e. The number of ketones is 2. The molecule has 0 spiro atoms. The third-order valence-electron chi connectivity index (χ3n) is 14.1. The number of para-hydroxylation sites is 1. The Bertz CT molecular complexity index is 4660. The number of pyridine rings is 6. The van der Waals surface area contributed by atoms with E-state index in [0.29, 0.717) is 5.75 Å². The molecule has 0 bridgehead atoms. The second-order valence-electron chi connectivity index (χ2n) is 22.2. The summed E-state index contributed by atoms with van der Waals surface area (Å²) >= 11 is 0. The number of benzene rings is 8. The van der Waals surface area contributed by atoms with Crippen molar-refractivity contribution in [1.82, 2.24) is 29.9 Å². The number of aliphatic hydroxyl groups excluding tert-OH is 2. The molecule has 16 heteroatoms. The number of aryl methyl sites for hydroxylation is 2. The molecule has 544 valence electrons. The Hall–Kier alpha value is -9.57. The molecule has 6 heterocycles. The molecule has 0 aliphatic carbocycles. The van der Waals surface area contributed by atoms with Crippen molar-refractivity contribution in [3.8, 4) is 84.4 Å². The van der Waals surface area contributed by atoms with Crippen LogP contribution < -0.4 is 0 Å². The van der Waals surface area contributed by atoms with E-state index in [2.05, 4.69) is 117 Å². The van der Waals surface area contributed by atoms with Crippen LogP contribution in [0.1, 0.15) is 44.4 Å². The van der Waals surface area contributed by atoms with E-state index in [1.807, 2.05) is 249 Å². The maximum absolute atomic E-state index is 10.0. The second-order valence-corrected chi connectivity index (χ2v) is 22.2. The molecule has 3 N–H and O–H groups in total. The van der Waals surface area contributed by atoms with E-state index in [-0.39, 0.29) is 125 Å². The summed E-state index contributed by atoms with van der Waals surface area (Å²) in [7, 11) is 0. The number of aliphatic hydroxyl groups is 2. The van der Waals surface area contributed by atoms with Crippen LogP contribution in [0.5, 0.6) is 5.75 Å². The monoisotopic (exact) mass is 2280 g/mol. The van der Waals surface area contributed by atoms with Gasteiger partial charge in [0.1, 0.15) is 5.75 Å². The third kappa shape index (κ3) is 33.0. The van der Waals surface area contributed by atoms with Crippen LogP contribution in [0.2, 0.25) is 0 Å². The van der Waals surface area contributed by atoms with Gasteiger partial charge in [0.05, 0.1) is 22.9 Å². The van der Waals surface area contributed by atoms with Crippen molar-refractivity contribution in [2.45, 2.75) is 48.5 Å². The van der Waals surface area contributed by atoms with E-state index in [1.165, 1.54) is 67.3 Å². The van der Waals surface area contributed by atoms with E-state index in [4.69, 9.17) is 10.2 Å². The standard InChI is InChI=1S/C17H14N2.C15H10N.2C12H10N.C12H10O.C11H8N.2C5H8O2.4Ir.Pt/c1-13-14(16-9-2-4-11-18-16)7-6-8-15(13)17-10-3-5-12-19-17;1-2-7-13(8-3-1)15-14-9-5-4-6-12(14)10-11-16-15;1-10-5-4-6-11(9-10)12-7-2-3-8-13-12;1-10-5-7-11(8-6-10)12-4-2-3-9-13-12;13-12-9-5-4-8-11(12)10-6-2-1-3-7-10;1-2-6-10(7-3-1)11-8-4-5-9-12-11;2*1-4(6)3-5(2)7;;;;;/h2-12H,1H3;1-7,9-11H;2-5,7-9H,1H3;2-7,9H,1H3;1-9,13H;1-6,8-9H;2*3,6H,1-2H3;;;;;/q;3*-1;;-1;;;;;;;. The summed E-state index contributed by atoms with van der Waals surface area (Å²) < 4.78 is 0. The van der Waals surface area contributed by atoms with Crippen molar-refractivity contribution in [3.05, 3.63) is 381 Å². The number of aromatic hydroxyl groups is 1. The number of phenols is 1. The van der Waals surface area contributed by atoms with Crippen molar-refractivity contribution in [2.75, 3.05) is 0 Å². The van der Waals surface area contributed by atoms with Gasteiger partial charge in [-0.05, 0) is 134 Å². The minimum Gasteiger partial charge on any atom is -0.512 e. The number of fused-ring (bicyclic) bond motifs is 1. The number of hydrogen-bond acceptors (Lipinski definition) is 11. The number of nitrogens with zero attached hydrogens (tertiary/aromatic N) is 6. The molecule has 0 saturated carbocycles. The number of aromatic nitrogens is 6. The first kappa shape index (κ1) is 91.5. The van der Waals surface area contributed by atoms with Gasteiger partial charge in [0.25, 0.3) is 0 Å². The Morgan fingerprint density at radius 2 is 0.771 bits per heavy atom. The number of carbonyl (C=O) groups is 2. The van der Waals surface area contributed by atoms with Crippen molar-refractivity contribution in [1.29, 1.82) is 0 Å². The van der Waals surface area contributed by atoms with Gasteiger partial charge in [-0.15, -0.1) is 143 Å². The van der Waals surface area contributed by atoms with Gasteiger partial charge < -0.3 is 35.3 Å². The largest absolute Gasteiger partial charge is 0.512 e. The van der Waals surface area contributed by atoms with Crippen LogP contribution in [-0.4, -0.2) is 56.8 Å². The van der Waals surface area contributed by atoms with Crippen LogP contribution in [-0.2, 0) is 111 Å². The summed E-state index contributed by atoms with van der Waals surface area (Å²) in [5.41, 5.74) is 18.0. The van der Waals surface area contributed by atoms with Gasteiger partial charge in [0, 0.05) is 168 Å². The molecule has 6 aromatic heterocycles. The number of phenolic OH excluding ortho intramolecular Hbond substituents is 1. The van der Waals surface area contributed by atoms with Crippen LogP contribution in [0.15, 0.2) is 340 Å². The molecular formula is C89H78Ir4N6O5Pt-4. The molecule has 0 aliphatic heterocycles. The normalized spacial score (nSPS) is 9.78. The Balaban J connectivity index is 0.000000412. The van der Waals surface area contributed by atoms with E-state index in [1.54, 1.807) is 24.7 Å². The minimum absolute atomic E-state index is 0. The number of rotatable bonds is 9. The maximum atomic E-state index is 10.0. The molecule has 0 amide bonds. The first-order chi connectivity index (χ1) is 48.6. The quantitative estimate of drug-likeness (QED) is 0.0713. The molecule has 14 rings (SSSR count). The molecule has 11 nitrogen and oxygen atoms in total. The molecule has 4 radical (unpaired) electrons. The second kappa shape index (κ2) is 51.6. The van der Waals surface area contributed by atoms with Gasteiger partial charge >= 0.3 is 0 Å². The summed E-state index contributed by atoms with van der Waals surface area (Å²) in [5, 5.41) is 28.7. The summed E-state index contributed by atoms with van der Waals surface area (Å²) in [6, 6.07) is 104. The molecule has 14 aromatic rings. The zero-order valence-corrected chi connectivity index (χ0v) is 70.5. The summed E-state index contributed by atoms with van der Waals surface area (Å²) in [6.45, 7) is 11.9. The third-order valence-corrected chi connectivity index (χ3v) is 14.1. The van der Waals surface area contributed by atoms with E-state index >= 15 is 0 Å². The fraction of sp³-hybridized carbons (Fsp3) is 0.0787. The van der Waals surface area contributed by atoms with E-state index < -0.39 is 0 Å². The van der Waals surface area contributed by atoms with Gasteiger partial charge in [-0.2, -0.15) is 0 Å². The molecule has 0 atom stereocenters. The number of hydrogen-bond donors (Lipinski definition) is 3. The van der Waals surface area contributed by atoms with Gasteiger partial charge in [0.2, 0.25) is 0 Å². The van der Waals surface area contributed by atoms with Crippen LogP contribution in [0.3, 0.4) is 0 Å². The van der Waals surface area contributed by atoms with Gasteiger partial charge in [0.15, 0.2) is 11.6 Å². The molecule has 105 heavy (non-hydrogen) atoms. The summed E-state index contributed by atoms with van der Waals surface area (Å²) in [4.78, 5) is 46.1. The van der Waals surface area contributed by atoms with Crippen LogP contribution in [0.25, 0.3) is 89.4 Å². The Morgan fingerprint density at radius 1 is 0.352 bits per heavy atom. The number of carbonyl (C=O) groups excluding carboxylic acids is 2. The molecular weight excluding hydrogens is 2200 g/mol. The van der Waals surface area contributed by atoms with Crippen molar-refractivity contribution in [3.63, 3.8) is 0 Å². The summed E-state index contributed by atoms with van der Waals surface area (Å²) in [6.07, 6.45) is 13.2. The predicted octanol–water partition coefficient (Wildman–Crippen LogP) is 21.2. The molecule has 0 saturated heterocycles. The molecule has 0 unspecified atom stereocenters. The smallest absolute Gasteiger partial charge is 0.155 e. The van der Waals surface area contributed by atoms with Gasteiger partial charge in [-0.3, -0.25) is 19.6 Å². The van der Waals surface area contributed by atoms with Crippen molar-refractivity contribution >= 4 is 22.3 Å². The van der Waals surface area contributed by atoms with Crippen LogP contribution >= 0.6 is 0 Å².